The molecule has 0 aromatic heterocycles. The molecule has 0 aliphatic rings. The van der Waals surface area contributed by atoms with E-state index in [0.717, 1.165) is 0 Å². The summed E-state index contributed by atoms with van der Waals surface area (Å²) in [6.07, 6.45) is 0.325. The van der Waals surface area contributed by atoms with Crippen LogP contribution in [0.5, 0.6) is 5.75 Å². The van der Waals surface area contributed by atoms with E-state index in [4.69, 9.17) is 22.2 Å². The Hall–Kier alpha value is -0.840. The molecule has 0 saturated heterocycles. The van der Waals surface area contributed by atoms with Crippen molar-refractivity contribution in [2.45, 2.75) is 6.42 Å². The first-order valence-corrected chi connectivity index (χ1v) is 4.41. The van der Waals surface area contributed by atoms with Gasteiger partial charge in [0.05, 0.1) is 18.7 Å². The normalized spacial score (nSPS) is 10.3. The largest absolute Gasteiger partial charge is 0.496 e. The summed E-state index contributed by atoms with van der Waals surface area (Å²) in [4.78, 5) is 4.37. The van der Waals surface area contributed by atoms with Crippen LogP contribution in [-0.4, -0.2) is 13.7 Å². The van der Waals surface area contributed by atoms with Crippen LogP contribution in [0, 0.1) is 5.82 Å². The second kappa shape index (κ2) is 5.14. The maximum atomic E-state index is 13.5. The Balaban J connectivity index is 3.01. The lowest BCUT2D eigenvalue weighted by atomic mass is 10.1. The van der Waals surface area contributed by atoms with Crippen molar-refractivity contribution in [3.05, 3.63) is 28.5 Å². The Morgan fingerprint density at radius 2 is 2.21 bits per heavy atom. The number of nitrogens with two attached hydrogens (primary N) is 1. The Morgan fingerprint density at radius 1 is 1.50 bits per heavy atom. The number of halogens is 2. The summed E-state index contributed by atoms with van der Waals surface area (Å²) >= 11 is 5.62. The minimum atomic E-state index is -0.483. The van der Waals surface area contributed by atoms with E-state index in [9.17, 15) is 4.39 Å². The maximum Gasteiger partial charge on any atom is 0.148 e. The van der Waals surface area contributed by atoms with Gasteiger partial charge in [-0.1, -0.05) is 11.6 Å². The van der Waals surface area contributed by atoms with Crippen molar-refractivity contribution in [2.24, 2.45) is 5.90 Å². The van der Waals surface area contributed by atoms with Crippen LogP contribution in [-0.2, 0) is 11.3 Å². The molecule has 0 heterocycles. The average Bonchev–Trinajstić information content (AvgIpc) is 2.20. The molecule has 0 fully saturated rings. The van der Waals surface area contributed by atoms with Crippen molar-refractivity contribution in [2.75, 3.05) is 13.7 Å². The summed E-state index contributed by atoms with van der Waals surface area (Å²) in [6, 6.07) is 3.06. The van der Waals surface area contributed by atoms with Gasteiger partial charge in [-0.05, 0) is 12.1 Å². The zero-order chi connectivity index (χ0) is 10.6. The molecule has 0 saturated carbocycles. The van der Waals surface area contributed by atoms with E-state index < -0.39 is 5.82 Å². The van der Waals surface area contributed by atoms with Crippen molar-refractivity contribution >= 4 is 11.6 Å². The average molecular weight is 220 g/mol. The van der Waals surface area contributed by atoms with E-state index >= 15 is 0 Å². The van der Waals surface area contributed by atoms with Crippen LogP contribution in [0.4, 0.5) is 4.39 Å². The highest BCUT2D eigenvalue weighted by Crippen LogP contribution is 2.27. The molecule has 1 rings (SSSR count). The molecular formula is C9H11ClFNO2. The smallest absolute Gasteiger partial charge is 0.148 e. The summed E-state index contributed by atoms with van der Waals surface area (Å²) in [5.41, 5.74) is 0.380. The number of ether oxygens (including phenoxy) is 1. The summed E-state index contributed by atoms with van der Waals surface area (Å²) in [6.45, 7) is 0.216. The number of methoxy groups -OCH3 is 1. The lowest BCUT2D eigenvalue weighted by molar-refractivity contribution is 0.140. The lowest BCUT2D eigenvalue weighted by Gasteiger charge is -2.09. The fourth-order valence-corrected chi connectivity index (χ4v) is 1.34. The monoisotopic (exact) mass is 219 g/mol. The SMILES string of the molecule is COc1ccc(Cl)c(F)c1CCON. The van der Waals surface area contributed by atoms with Gasteiger partial charge < -0.3 is 9.57 Å². The van der Waals surface area contributed by atoms with Gasteiger partial charge in [-0.25, -0.2) is 10.3 Å². The second-order valence-electron chi connectivity index (χ2n) is 2.66. The van der Waals surface area contributed by atoms with Gasteiger partial charge in [-0.15, -0.1) is 0 Å². The van der Waals surface area contributed by atoms with Gasteiger partial charge in [-0.2, -0.15) is 0 Å². The van der Waals surface area contributed by atoms with Crippen molar-refractivity contribution in [1.29, 1.82) is 0 Å². The van der Waals surface area contributed by atoms with Gasteiger partial charge in [0.2, 0.25) is 0 Å². The minimum absolute atomic E-state index is 0.0674. The standard InChI is InChI=1S/C9H11ClFNO2/c1-13-8-3-2-7(10)9(11)6(8)4-5-14-12/h2-3H,4-5,12H2,1H3. The van der Waals surface area contributed by atoms with E-state index in [0.29, 0.717) is 17.7 Å². The van der Waals surface area contributed by atoms with Crippen LogP contribution in [0.3, 0.4) is 0 Å². The lowest BCUT2D eigenvalue weighted by Crippen LogP contribution is -2.06. The van der Waals surface area contributed by atoms with Crippen molar-refractivity contribution in [3.63, 3.8) is 0 Å². The first kappa shape index (κ1) is 11.2. The highest BCUT2D eigenvalue weighted by atomic mass is 35.5. The molecule has 0 amide bonds. The van der Waals surface area contributed by atoms with Crippen LogP contribution in [0.2, 0.25) is 5.02 Å². The second-order valence-corrected chi connectivity index (χ2v) is 3.07. The van der Waals surface area contributed by atoms with E-state index in [-0.39, 0.29) is 11.6 Å². The first-order chi connectivity index (χ1) is 6.70. The third-order valence-electron chi connectivity index (χ3n) is 1.84. The molecule has 0 unspecified atom stereocenters. The van der Waals surface area contributed by atoms with E-state index in [2.05, 4.69) is 4.84 Å². The molecule has 0 aliphatic heterocycles. The quantitative estimate of drug-likeness (QED) is 0.787. The Bertz CT molecular complexity index is 320. The van der Waals surface area contributed by atoms with Gasteiger partial charge in [0.1, 0.15) is 11.6 Å². The van der Waals surface area contributed by atoms with Crippen LogP contribution in [0.1, 0.15) is 5.56 Å². The third kappa shape index (κ3) is 2.35. The minimum Gasteiger partial charge on any atom is -0.496 e. The van der Waals surface area contributed by atoms with Crippen molar-refractivity contribution in [1.82, 2.24) is 0 Å². The molecule has 1 aromatic carbocycles. The Morgan fingerprint density at radius 3 is 2.79 bits per heavy atom. The van der Waals surface area contributed by atoms with Gasteiger partial charge in [-0.3, -0.25) is 0 Å². The summed E-state index contributed by atoms with van der Waals surface area (Å²) in [5, 5.41) is 0.0674. The van der Waals surface area contributed by atoms with Gasteiger partial charge in [0.15, 0.2) is 0 Å². The molecule has 1 aromatic rings. The molecule has 0 radical (unpaired) electrons. The van der Waals surface area contributed by atoms with Crippen molar-refractivity contribution in [3.8, 4) is 5.75 Å². The summed E-state index contributed by atoms with van der Waals surface area (Å²) in [5.74, 6) is 4.82. The molecule has 0 atom stereocenters. The fourth-order valence-electron chi connectivity index (χ4n) is 1.16. The third-order valence-corrected chi connectivity index (χ3v) is 2.13. The van der Waals surface area contributed by atoms with Gasteiger partial charge in [0.25, 0.3) is 0 Å². The number of benzene rings is 1. The highest BCUT2D eigenvalue weighted by Gasteiger charge is 2.12. The van der Waals surface area contributed by atoms with Crippen LogP contribution in [0.15, 0.2) is 12.1 Å². The molecule has 0 bridgehead atoms. The van der Waals surface area contributed by atoms with Gasteiger partial charge >= 0.3 is 0 Å². The van der Waals surface area contributed by atoms with Crippen LogP contribution in [0.25, 0.3) is 0 Å². The zero-order valence-electron chi connectivity index (χ0n) is 7.72. The molecule has 0 aliphatic carbocycles. The molecule has 5 heteroatoms. The fraction of sp³-hybridized carbons (Fsp3) is 0.333. The zero-order valence-corrected chi connectivity index (χ0v) is 8.47. The van der Waals surface area contributed by atoms with E-state index in [1.165, 1.54) is 13.2 Å². The molecule has 3 nitrogen and oxygen atoms in total. The van der Waals surface area contributed by atoms with E-state index in [1.54, 1.807) is 6.07 Å². The highest BCUT2D eigenvalue weighted by molar-refractivity contribution is 6.30. The number of hydrogen-bond donors (Lipinski definition) is 1. The Kier molecular flexibility index (Phi) is 4.13. The molecule has 78 valence electrons. The van der Waals surface area contributed by atoms with Gasteiger partial charge in [0, 0.05) is 12.0 Å². The Labute approximate surface area is 86.5 Å². The molecular weight excluding hydrogens is 209 g/mol. The topological polar surface area (TPSA) is 44.5 Å². The number of hydrogen-bond acceptors (Lipinski definition) is 3. The summed E-state index contributed by atoms with van der Waals surface area (Å²) < 4.78 is 18.4. The first-order valence-electron chi connectivity index (χ1n) is 4.03. The predicted octanol–water partition coefficient (Wildman–Crippen LogP) is 1.92. The van der Waals surface area contributed by atoms with Crippen molar-refractivity contribution < 1.29 is 14.0 Å². The molecule has 2 N–H and O–H groups in total. The predicted molar refractivity (Wildman–Crippen MR) is 51.8 cm³/mol. The summed E-state index contributed by atoms with van der Waals surface area (Å²) in [7, 11) is 1.47. The van der Waals surface area contributed by atoms with Crippen LogP contribution < -0.4 is 10.6 Å². The molecule has 0 spiro atoms. The van der Waals surface area contributed by atoms with E-state index in [1.807, 2.05) is 0 Å². The number of rotatable bonds is 4. The maximum absolute atomic E-state index is 13.5. The van der Waals surface area contributed by atoms with Crippen LogP contribution >= 0.6 is 11.6 Å². The molecule has 14 heavy (non-hydrogen) atoms.